The first kappa shape index (κ1) is 17.4. The van der Waals surface area contributed by atoms with Gasteiger partial charge in [-0.15, -0.1) is 0 Å². The monoisotopic (exact) mass is 348 g/mol. The van der Waals surface area contributed by atoms with Crippen LogP contribution in [0.3, 0.4) is 0 Å². The van der Waals surface area contributed by atoms with Crippen LogP contribution in [0.5, 0.6) is 0 Å². The highest BCUT2D eigenvalue weighted by Gasteiger charge is 2.04. The second kappa shape index (κ2) is 8.11. The molecule has 0 aliphatic rings. The average Bonchev–Trinajstić information content (AvgIpc) is 2.64. The Hall–Kier alpha value is -3.41. The third kappa shape index (κ3) is 4.57. The number of aromatic nitrogens is 2. The maximum Gasteiger partial charge on any atom is 0.319 e. The molecule has 2 amide bonds. The van der Waals surface area contributed by atoms with Crippen molar-refractivity contribution in [2.45, 2.75) is 20.0 Å². The van der Waals surface area contributed by atoms with Gasteiger partial charge in [0.1, 0.15) is 0 Å². The van der Waals surface area contributed by atoms with Crippen LogP contribution < -0.4 is 16.2 Å². The van der Waals surface area contributed by atoms with Crippen LogP contribution in [0, 0.1) is 6.92 Å². The highest BCUT2D eigenvalue weighted by atomic mass is 16.2. The third-order valence-corrected chi connectivity index (χ3v) is 4.00. The van der Waals surface area contributed by atoms with E-state index in [1.165, 1.54) is 6.07 Å². The SMILES string of the molecule is Cc1cccnc1CNC(=O)Nc1ccc(Cn2ccccc2=O)cc1. The smallest absolute Gasteiger partial charge is 0.319 e. The first-order valence-corrected chi connectivity index (χ1v) is 8.31. The molecule has 0 saturated heterocycles. The number of hydrogen-bond donors (Lipinski definition) is 2. The number of amides is 2. The van der Waals surface area contributed by atoms with Gasteiger partial charge in [-0.2, -0.15) is 0 Å². The molecule has 0 radical (unpaired) electrons. The van der Waals surface area contributed by atoms with Crippen molar-refractivity contribution in [1.29, 1.82) is 0 Å². The molecule has 2 N–H and O–H groups in total. The van der Waals surface area contributed by atoms with Crippen LogP contribution in [0.2, 0.25) is 0 Å². The summed E-state index contributed by atoms with van der Waals surface area (Å²) in [4.78, 5) is 28.0. The molecule has 2 heterocycles. The Labute approximate surface area is 151 Å². The maximum absolute atomic E-state index is 12.0. The number of urea groups is 1. The summed E-state index contributed by atoms with van der Waals surface area (Å²) in [5.74, 6) is 0. The number of rotatable bonds is 5. The highest BCUT2D eigenvalue weighted by molar-refractivity contribution is 5.89. The fourth-order valence-electron chi connectivity index (χ4n) is 2.52. The minimum absolute atomic E-state index is 0.0427. The van der Waals surface area contributed by atoms with Gasteiger partial charge in [-0.3, -0.25) is 9.78 Å². The van der Waals surface area contributed by atoms with Gasteiger partial charge in [0.2, 0.25) is 0 Å². The first-order valence-electron chi connectivity index (χ1n) is 8.31. The molecule has 2 aromatic heterocycles. The second-order valence-electron chi connectivity index (χ2n) is 5.94. The zero-order valence-corrected chi connectivity index (χ0v) is 14.5. The summed E-state index contributed by atoms with van der Waals surface area (Å²) in [5.41, 5.74) is 3.50. The lowest BCUT2D eigenvalue weighted by Gasteiger charge is -2.10. The van der Waals surface area contributed by atoms with E-state index in [1.807, 2.05) is 49.4 Å². The quantitative estimate of drug-likeness (QED) is 0.744. The summed E-state index contributed by atoms with van der Waals surface area (Å²) in [6.07, 6.45) is 3.46. The minimum atomic E-state index is -0.290. The van der Waals surface area contributed by atoms with Gasteiger partial charge in [0.15, 0.2) is 0 Å². The van der Waals surface area contributed by atoms with E-state index in [-0.39, 0.29) is 11.6 Å². The molecule has 0 spiro atoms. The molecule has 1 aromatic carbocycles. The molecular weight excluding hydrogens is 328 g/mol. The number of anilines is 1. The molecule has 26 heavy (non-hydrogen) atoms. The fourth-order valence-corrected chi connectivity index (χ4v) is 2.52. The lowest BCUT2D eigenvalue weighted by atomic mass is 10.2. The normalized spacial score (nSPS) is 10.3. The first-order chi connectivity index (χ1) is 12.6. The van der Waals surface area contributed by atoms with Crippen molar-refractivity contribution >= 4 is 11.7 Å². The zero-order valence-electron chi connectivity index (χ0n) is 14.5. The van der Waals surface area contributed by atoms with Crippen molar-refractivity contribution in [3.05, 3.63) is 94.2 Å². The maximum atomic E-state index is 12.0. The Balaban J connectivity index is 1.55. The molecule has 6 nitrogen and oxygen atoms in total. The standard InChI is InChI=1S/C20H20N4O2/c1-15-5-4-11-21-18(15)13-22-20(26)23-17-9-7-16(8-10-17)14-24-12-3-2-6-19(24)25/h2-12H,13-14H2,1H3,(H2,22,23,26). The minimum Gasteiger partial charge on any atom is -0.332 e. The summed E-state index contributed by atoms with van der Waals surface area (Å²) < 4.78 is 1.63. The van der Waals surface area contributed by atoms with E-state index in [2.05, 4.69) is 15.6 Å². The second-order valence-corrected chi connectivity index (χ2v) is 5.94. The predicted molar refractivity (Wildman–Crippen MR) is 101 cm³/mol. The molecule has 132 valence electrons. The Kier molecular flexibility index (Phi) is 5.43. The average molecular weight is 348 g/mol. The molecule has 3 aromatic rings. The third-order valence-electron chi connectivity index (χ3n) is 4.00. The molecule has 0 bridgehead atoms. The van der Waals surface area contributed by atoms with Gasteiger partial charge in [0.05, 0.1) is 18.8 Å². The molecule has 0 fully saturated rings. The Morgan fingerprint density at radius 3 is 2.62 bits per heavy atom. The molecule has 3 rings (SSSR count). The summed E-state index contributed by atoms with van der Waals surface area (Å²) in [6, 6.07) is 16.0. The molecule has 0 aliphatic carbocycles. The summed E-state index contributed by atoms with van der Waals surface area (Å²) in [6.45, 7) is 2.82. The molecular formula is C20H20N4O2. The van der Waals surface area contributed by atoms with E-state index in [0.29, 0.717) is 18.8 Å². The van der Waals surface area contributed by atoms with E-state index in [1.54, 1.807) is 23.0 Å². The molecule has 0 aliphatic heterocycles. The Bertz CT molecular complexity index is 948. The van der Waals surface area contributed by atoms with Crippen molar-refractivity contribution in [3.63, 3.8) is 0 Å². The predicted octanol–water partition coefficient (Wildman–Crippen LogP) is 2.92. The van der Waals surface area contributed by atoms with Crippen molar-refractivity contribution in [2.75, 3.05) is 5.32 Å². The van der Waals surface area contributed by atoms with E-state index in [0.717, 1.165) is 16.8 Å². The molecule has 0 saturated carbocycles. The van der Waals surface area contributed by atoms with Crippen molar-refractivity contribution in [1.82, 2.24) is 14.9 Å². The van der Waals surface area contributed by atoms with E-state index in [9.17, 15) is 9.59 Å². The number of aryl methyl sites for hydroxylation is 1. The fraction of sp³-hybridized carbons (Fsp3) is 0.150. The van der Waals surface area contributed by atoms with Crippen LogP contribution in [0.15, 0.2) is 71.8 Å². The van der Waals surface area contributed by atoms with Crippen LogP contribution in [0.4, 0.5) is 10.5 Å². The number of nitrogens with zero attached hydrogens (tertiary/aromatic N) is 2. The molecule has 0 atom stereocenters. The van der Waals surface area contributed by atoms with Gasteiger partial charge in [0, 0.05) is 24.1 Å². The van der Waals surface area contributed by atoms with Crippen LogP contribution >= 0.6 is 0 Å². The summed E-state index contributed by atoms with van der Waals surface area (Å²) in [7, 11) is 0. The van der Waals surface area contributed by atoms with Crippen molar-refractivity contribution in [3.8, 4) is 0 Å². The van der Waals surface area contributed by atoms with E-state index >= 15 is 0 Å². The Morgan fingerprint density at radius 1 is 1.08 bits per heavy atom. The van der Waals surface area contributed by atoms with Gasteiger partial charge in [0.25, 0.3) is 5.56 Å². The van der Waals surface area contributed by atoms with Crippen molar-refractivity contribution in [2.24, 2.45) is 0 Å². The van der Waals surface area contributed by atoms with Crippen molar-refractivity contribution < 1.29 is 4.79 Å². The number of pyridine rings is 2. The van der Waals surface area contributed by atoms with Crippen LogP contribution in [0.1, 0.15) is 16.8 Å². The van der Waals surface area contributed by atoms with Crippen LogP contribution in [-0.4, -0.2) is 15.6 Å². The van der Waals surface area contributed by atoms with Crippen LogP contribution in [0.25, 0.3) is 0 Å². The Morgan fingerprint density at radius 2 is 1.88 bits per heavy atom. The largest absolute Gasteiger partial charge is 0.332 e. The van der Waals surface area contributed by atoms with Gasteiger partial charge in [-0.05, 0) is 42.3 Å². The highest BCUT2D eigenvalue weighted by Crippen LogP contribution is 2.10. The number of carbonyl (C=O) groups excluding carboxylic acids is 1. The number of nitrogens with one attached hydrogen (secondary N) is 2. The van der Waals surface area contributed by atoms with E-state index < -0.39 is 0 Å². The van der Waals surface area contributed by atoms with Gasteiger partial charge >= 0.3 is 6.03 Å². The van der Waals surface area contributed by atoms with Gasteiger partial charge in [-0.25, -0.2) is 4.79 Å². The topological polar surface area (TPSA) is 76.0 Å². The number of hydrogen-bond acceptors (Lipinski definition) is 3. The zero-order chi connectivity index (χ0) is 18.4. The van der Waals surface area contributed by atoms with E-state index in [4.69, 9.17) is 0 Å². The molecule has 0 unspecified atom stereocenters. The summed E-state index contributed by atoms with van der Waals surface area (Å²) in [5, 5.41) is 5.58. The molecule has 6 heteroatoms. The lowest BCUT2D eigenvalue weighted by molar-refractivity contribution is 0.251. The summed E-state index contributed by atoms with van der Waals surface area (Å²) >= 11 is 0. The lowest BCUT2D eigenvalue weighted by Crippen LogP contribution is -2.28. The number of benzene rings is 1. The van der Waals surface area contributed by atoms with Crippen LogP contribution in [-0.2, 0) is 13.1 Å². The number of carbonyl (C=O) groups is 1. The van der Waals surface area contributed by atoms with Gasteiger partial charge in [-0.1, -0.05) is 24.3 Å². The van der Waals surface area contributed by atoms with Gasteiger partial charge < -0.3 is 15.2 Å².